The summed E-state index contributed by atoms with van der Waals surface area (Å²) in [6, 6.07) is 6.57. The zero-order valence-corrected chi connectivity index (χ0v) is 17.6. The first-order valence-corrected chi connectivity index (χ1v) is 10.7. The molecule has 152 valence electrons. The number of nitro benzene ring substituents is 1. The van der Waals surface area contributed by atoms with Gasteiger partial charge in [-0.05, 0) is 54.4 Å². The number of amides is 1. The van der Waals surface area contributed by atoms with Crippen LogP contribution >= 0.6 is 11.3 Å². The van der Waals surface area contributed by atoms with E-state index in [1.165, 1.54) is 16.5 Å². The quantitative estimate of drug-likeness (QED) is 0.550. The van der Waals surface area contributed by atoms with Gasteiger partial charge in [-0.15, -0.1) is 11.3 Å². The summed E-state index contributed by atoms with van der Waals surface area (Å²) in [5, 5.41) is 18.4. The van der Waals surface area contributed by atoms with Crippen LogP contribution in [0, 0.1) is 21.4 Å². The molecular formula is C22H25N3O3S. The number of nitro groups is 1. The van der Waals surface area contributed by atoms with Gasteiger partial charge in [-0.3, -0.25) is 14.9 Å². The second kappa shape index (κ2) is 7.30. The Kier molecular flexibility index (Phi) is 4.94. The summed E-state index contributed by atoms with van der Waals surface area (Å²) in [6.07, 6.45) is 6.11. The van der Waals surface area contributed by atoms with E-state index in [-0.39, 0.29) is 17.0 Å². The average Bonchev–Trinajstić information content (AvgIpc) is 3.03. The maximum Gasteiger partial charge on any atom is 0.276 e. The zero-order chi connectivity index (χ0) is 20.8. The lowest BCUT2D eigenvalue weighted by Gasteiger charge is -2.34. The molecule has 0 bridgehead atoms. The second-order valence-corrected chi connectivity index (χ2v) is 9.89. The molecular weight excluding hydrogens is 386 g/mol. The maximum absolute atomic E-state index is 12.8. The smallest absolute Gasteiger partial charge is 0.276 e. The van der Waals surface area contributed by atoms with E-state index in [4.69, 9.17) is 0 Å². The van der Waals surface area contributed by atoms with Crippen LogP contribution in [0.5, 0.6) is 0 Å². The van der Waals surface area contributed by atoms with Gasteiger partial charge in [0.05, 0.1) is 16.1 Å². The van der Waals surface area contributed by atoms with E-state index in [0.29, 0.717) is 11.5 Å². The molecule has 0 spiro atoms. The Balaban J connectivity index is 1.57. The molecule has 2 heterocycles. The van der Waals surface area contributed by atoms with E-state index >= 15 is 0 Å². The highest BCUT2D eigenvalue weighted by Crippen LogP contribution is 2.45. The van der Waals surface area contributed by atoms with Crippen LogP contribution in [0.25, 0.3) is 6.08 Å². The summed E-state index contributed by atoms with van der Waals surface area (Å²) >= 11 is 1.68. The highest BCUT2D eigenvalue weighted by atomic mass is 32.1. The number of nitrogens with zero attached hydrogens (tertiary/aromatic N) is 1. The summed E-state index contributed by atoms with van der Waals surface area (Å²) in [6.45, 7) is 6.85. The molecule has 0 radical (unpaired) electrons. The summed E-state index contributed by atoms with van der Waals surface area (Å²) in [7, 11) is 0. The van der Waals surface area contributed by atoms with Crippen molar-refractivity contribution >= 4 is 34.0 Å². The minimum atomic E-state index is -0.399. The van der Waals surface area contributed by atoms with Crippen LogP contribution in [0.1, 0.15) is 53.6 Å². The van der Waals surface area contributed by atoms with E-state index < -0.39 is 11.1 Å². The highest BCUT2D eigenvalue weighted by molar-refractivity contribution is 7.16. The first kappa shape index (κ1) is 19.6. The Morgan fingerprint density at radius 1 is 1.24 bits per heavy atom. The number of fused-ring (bicyclic) bond motifs is 3. The number of hydrogen-bond donors (Lipinski definition) is 2. The van der Waals surface area contributed by atoms with Crippen molar-refractivity contribution in [1.29, 1.82) is 0 Å². The molecule has 2 aromatic rings. The molecule has 29 heavy (non-hydrogen) atoms. The van der Waals surface area contributed by atoms with Crippen molar-refractivity contribution in [2.24, 2.45) is 11.3 Å². The normalized spacial score (nSPS) is 21.3. The van der Waals surface area contributed by atoms with Gasteiger partial charge in [0.1, 0.15) is 11.2 Å². The lowest BCUT2D eigenvalue weighted by Crippen LogP contribution is -2.43. The van der Waals surface area contributed by atoms with Gasteiger partial charge in [0.15, 0.2) is 0 Å². The monoisotopic (exact) mass is 411 g/mol. The average molecular weight is 412 g/mol. The lowest BCUT2D eigenvalue weighted by molar-refractivity contribution is -0.385. The molecule has 0 saturated heterocycles. The maximum atomic E-state index is 12.8. The molecule has 2 aliphatic rings. The van der Waals surface area contributed by atoms with Gasteiger partial charge in [-0.2, -0.15) is 0 Å². The largest absolute Gasteiger partial charge is 0.353 e. The number of para-hydroxylation sites is 1. The predicted octanol–water partition coefficient (Wildman–Crippen LogP) is 5.00. The van der Waals surface area contributed by atoms with Gasteiger partial charge in [-0.1, -0.05) is 32.9 Å². The standard InChI is InChI=1S/C22H25N3O3S/c1-22(2,3)14-9-10-15-17(12-14)29-21-19(15)20(26)23-18(24-21)11-8-13-6-4-5-7-16(13)25(27)28/h4-8,11,14,18,24H,9-10,12H2,1-3H3,(H,23,26)/b11-8+/t14-,18+/m1/s1. The topological polar surface area (TPSA) is 84.3 Å². The minimum absolute atomic E-state index is 0.0476. The van der Waals surface area contributed by atoms with E-state index in [2.05, 4.69) is 31.4 Å². The van der Waals surface area contributed by atoms with Gasteiger partial charge in [-0.25, -0.2) is 0 Å². The van der Waals surface area contributed by atoms with Crippen molar-refractivity contribution in [2.45, 2.75) is 46.2 Å². The van der Waals surface area contributed by atoms with Crippen molar-refractivity contribution in [3.05, 3.63) is 62.0 Å². The molecule has 0 unspecified atom stereocenters. The number of carbonyl (C=O) groups is 1. The molecule has 1 amide bonds. The number of benzene rings is 1. The molecule has 0 fully saturated rings. The summed E-state index contributed by atoms with van der Waals surface area (Å²) in [5.41, 5.74) is 2.79. The molecule has 1 aromatic heterocycles. The van der Waals surface area contributed by atoms with E-state index in [1.54, 1.807) is 41.7 Å². The summed E-state index contributed by atoms with van der Waals surface area (Å²) < 4.78 is 0. The third kappa shape index (κ3) is 3.79. The number of thiophene rings is 1. The number of hydrogen-bond acceptors (Lipinski definition) is 5. The molecule has 1 aliphatic carbocycles. The van der Waals surface area contributed by atoms with Crippen LogP contribution in [0.2, 0.25) is 0 Å². The number of carbonyl (C=O) groups excluding carboxylic acids is 1. The van der Waals surface area contributed by atoms with E-state index in [0.717, 1.165) is 29.8 Å². The summed E-state index contributed by atoms with van der Waals surface area (Å²) in [4.78, 5) is 24.9. The van der Waals surface area contributed by atoms with Crippen LogP contribution in [-0.2, 0) is 12.8 Å². The number of rotatable bonds is 3. The molecule has 2 N–H and O–H groups in total. The molecule has 1 aromatic carbocycles. The lowest BCUT2D eigenvalue weighted by atomic mass is 9.72. The third-order valence-electron chi connectivity index (χ3n) is 5.89. The van der Waals surface area contributed by atoms with Crippen molar-refractivity contribution in [3.63, 3.8) is 0 Å². The predicted molar refractivity (Wildman–Crippen MR) is 116 cm³/mol. The first-order chi connectivity index (χ1) is 13.7. The Hall–Kier alpha value is -2.67. The summed E-state index contributed by atoms with van der Waals surface area (Å²) in [5.74, 6) is 0.551. The molecule has 6 nitrogen and oxygen atoms in total. The second-order valence-electron chi connectivity index (χ2n) is 8.78. The van der Waals surface area contributed by atoms with Crippen molar-refractivity contribution < 1.29 is 9.72 Å². The van der Waals surface area contributed by atoms with E-state index in [1.807, 2.05) is 0 Å². The Labute approximate surface area is 174 Å². The van der Waals surface area contributed by atoms with Crippen LogP contribution < -0.4 is 10.6 Å². The first-order valence-electron chi connectivity index (χ1n) is 9.87. The van der Waals surface area contributed by atoms with Gasteiger partial charge in [0.2, 0.25) is 0 Å². The molecule has 1 aliphatic heterocycles. The zero-order valence-electron chi connectivity index (χ0n) is 16.8. The van der Waals surface area contributed by atoms with Gasteiger partial charge in [0.25, 0.3) is 11.6 Å². The Morgan fingerprint density at radius 3 is 2.72 bits per heavy atom. The fourth-order valence-corrected chi connectivity index (χ4v) is 5.51. The highest BCUT2D eigenvalue weighted by Gasteiger charge is 2.35. The van der Waals surface area contributed by atoms with Gasteiger partial charge in [0, 0.05) is 10.9 Å². The molecule has 2 atom stereocenters. The van der Waals surface area contributed by atoms with Crippen molar-refractivity contribution in [1.82, 2.24) is 5.32 Å². The van der Waals surface area contributed by atoms with E-state index in [9.17, 15) is 14.9 Å². The van der Waals surface area contributed by atoms with Crippen LogP contribution in [0.4, 0.5) is 10.7 Å². The molecule has 0 saturated carbocycles. The number of nitrogens with one attached hydrogen (secondary N) is 2. The van der Waals surface area contributed by atoms with Crippen molar-refractivity contribution in [2.75, 3.05) is 5.32 Å². The minimum Gasteiger partial charge on any atom is -0.353 e. The van der Waals surface area contributed by atoms with Crippen LogP contribution in [0.15, 0.2) is 30.3 Å². The van der Waals surface area contributed by atoms with Gasteiger partial charge < -0.3 is 10.6 Å². The fourth-order valence-electron chi connectivity index (χ4n) is 4.15. The van der Waals surface area contributed by atoms with Gasteiger partial charge >= 0.3 is 0 Å². The van der Waals surface area contributed by atoms with Crippen LogP contribution in [-0.4, -0.2) is 17.0 Å². The van der Waals surface area contributed by atoms with Crippen LogP contribution in [0.3, 0.4) is 0 Å². The molecule has 4 rings (SSSR count). The Morgan fingerprint density at radius 2 is 2.00 bits per heavy atom. The Bertz CT molecular complexity index is 1000. The number of anilines is 1. The third-order valence-corrected chi connectivity index (χ3v) is 7.08. The molecule has 7 heteroatoms. The fraction of sp³-hybridized carbons (Fsp3) is 0.409. The van der Waals surface area contributed by atoms with Crippen molar-refractivity contribution in [3.8, 4) is 0 Å². The SMILES string of the molecule is CC(C)(C)[C@@H]1CCc2c(sc3c2C(=O)N[C@H](/C=C/c2ccccc2[N+](=O)[O-])N3)C1.